The van der Waals surface area contributed by atoms with E-state index in [2.05, 4.69) is 9.72 Å². The predicted molar refractivity (Wildman–Crippen MR) is 77.0 cm³/mol. The Morgan fingerprint density at radius 2 is 2.13 bits per heavy atom. The maximum atomic E-state index is 14.2. The summed E-state index contributed by atoms with van der Waals surface area (Å²) in [5, 5.41) is 0. The Morgan fingerprint density at radius 1 is 1.43 bits per heavy atom. The van der Waals surface area contributed by atoms with Crippen molar-refractivity contribution in [2.24, 2.45) is 5.92 Å². The minimum absolute atomic E-state index is 0.286. The number of carbonyl (C=O) groups is 2. The summed E-state index contributed by atoms with van der Waals surface area (Å²) < 4.78 is 38.1. The normalized spacial score (nSPS) is 16.9. The molecule has 8 heteroatoms. The first kappa shape index (κ1) is 17.4. The largest absolute Gasteiger partial charge is 0.468 e. The van der Waals surface area contributed by atoms with Gasteiger partial charge in [-0.2, -0.15) is 0 Å². The van der Waals surface area contributed by atoms with Gasteiger partial charge in [-0.3, -0.25) is 9.59 Å². The van der Waals surface area contributed by atoms with Gasteiger partial charge in [-0.15, -0.1) is 0 Å². The van der Waals surface area contributed by atoms with E-state index >= 15 is 0 Å². The summed E-state index contributed by atoms with van der Waals surface area (Å²) in [7, 11) is 1.09. The number of amides is 1. The molecule has 1 atom stereocenters. The molecule has 1 aliphatic heterocycles. The fourth-order valence-corrected chi connectivity index (χ4v) is 2.54. The van der Waals surface area contributed by atoms with Crippen LogP contribution in [-0.2, 0) is 25.5 Å². The van der Waals surface area contributed by atoms with Crippen molar-refractivity contribution in [1.29, 1.82) is 0 Å². The topological polar surface area (TPSA) is 71.6 Å². The SMILES string of the molecule is COC(=O)C(CC(F)(F)Cc1ccc[nH]1)C(=O)N1CCOCC1. The minimum Gasteiger partial charge on any atom is -0.468 e. The monoisotopic (exact) mass is 330 g/mol. The van der Waals surface area contributed by atoms with Crippen molar-refractivity contribution in [2.75, 3.05) is 33.4 Å². The van der Waals surface area contributed by atoms with Gasteiger partial charge in [-0.1, -0.05) is 0 Å². The number of aromatic nitrogens is 1. The number of carbonyl (C=O) groups excluding carboxylic acids is 2. The van der Waals surface area contributed by atoms with Crippen LogP contribution in [0.2, 0.25) is 0 Å². The molecule has 0 saturated carbocycles. The summed E-state index contributed by atoms with van der Waals surface area (Å²) in [6, 6.07) is 3.15. The molecular formula is C15H20F2N2O4. The molecule has 2 heterocycles. The number of nitrogens with zero attached hydrogens (tertiary/aromatic N) is 1. The standard InChI is InChI=1S/C15H20F2N2O4/c1-22-14(21)12(13(20)19-5-7-23-8-6-19)10-15(16,17)9-11-3-2-4-18-11/h2-4,12,18H,5-10H2,1H3. The number of nitrogens with one attached hydrogen (secondary N) is 1. The third-order valence-electron chi connectivity index (χ3n) is 3.72. The molecule has 0 spiro atoms. The van der Waals surface area contributed by atoms with Crippen LogP contribution in [0.3, 0.4) is 0 Å². The summed E-state index contributed by atoms with van der Waals surface area (Å²) in [6.07, 6.45) is 0.0981. The second-order valence-corrected chi connectivity index (χ2v) is 5.45. The first-order chi connectivity index (χ1) is 10.9. The van der Waals surface area contributed by atoms with Crippen LogP contribution in [0, 0.1) is 5.92 Å². The number of aromatic amines is 1. The van der Waals surface area contributed by atoms with E-state index < -0.39 is 36.6 Å². The highest BCUT2D eigenvalue weighted by atomic mass is 19.3. The molecule has 1 unspecified atom stereocenters. The average molecular weight is 330 g/mol. The number of halogens is 2. The van der Waals surface area contributed by atoms with E-state index in [1.165, 1.54) is 11.0 Å². The number of hydrogen-bond acceptors (Lipinski definition) is 4. The van der Waals surface area contributed by atoms with Gasteiger partial charge in [0, 0.05) is 31.4 Å². The molecule has 2 rings (SSSR count). The van der Waals surface area contributed by atoms with Gasteiger partial charge in [0.2, 0.25) is 5.91 Å². The molecule has 1 aromatic heterocycles. The molecule has 23 heavy (non-hydrogen) atoms. The Balaban J connectivity index is 2.07. The van der Waals surface area contributed by atoms with Crippen molar-refractivity contribution in [3.05, 3.63) is 24.0 Å². The number of esters is 1. The quantitative estimate of drug-likeness (QED) is 0.629. The molecule has 128 valence electrons. The van der Waals surface area contributed by atoms with Crippen LogP contribution in [0.4, 0.5) is 8.78 Å². The molecule has 0 aliphatic carbocycles. The Labute approximate surface area is 132 Å². The molecule has 0 aromatic carbocycles. The first-order valence-corrected chi connectivity index (χ1v) is 7.37. The van der Waals surface area contributed by atoms with E-state index in [-0.39, 0.29) is 13.1 Å². The maximum Gasteiger partial charge on any atom is 0.318 e. The fraction of sp³-hybridized carbons (Fsp3) is 0.600. The second kappa shape index (κ2) is 7.54. The van der Waals surface area contributed by atoms with E-state index in [1.54, 1.807) is 12.3 Å². The van der Waals surface area contributed by atoms with Gasteiger partial charge in [-0.05, 0) is 12.1 Å². The van der Waals surface area contributed by atoms with Crippen LogP contribution in [0.5, 0.6) is 0 Å². The van der Waals surface area contributed by atoms with Gasteiger partial charge in [-0.25, -0.2) is 8.78 Å². The van der Waals surface area contributed by atoms with Gasteiger partial charge >= 0.3 is 5.97 Å². The average Bonchev–Trinajstić information content (AvgIpc) is 3.04. The molecular weight excluding hydrogens is 310 g/mol. The molecule has 6 nitrogen and oxygen atoms in total. The zero-order chi connectivity index (χ0) is 16.9. The summed E-state index contributed by atoms with van der Waals surface area (Å²) in [6.45, 7) is 1.24. The van der Waals surface area contributed by atoms with Crippen molar-refractivity contribution in [2.45, 2.75) is 18.8 Å². The Bertz CT molecular complexity index is 528. The predicted octanol–water partition coefficient (Wildman–Crippen LogP) is 1.23. The van der Waals surface area contributed by atoms with Crippen molar-refractivity contribution in [3.8, 4) is 0 Å². The second-order valence-electron chi connectivity index (χ2n) is 5.45. The highest BCUT2D eigenvalue weighted by Crippen LogP contribution is 2.29. The number of morpholine rings is 1. The molecule has 1 N–H and O–H groups in total. The van der Waals surface area contributed by atoms with E-state index in [1.807, 2.05) is 0 Å². The Morgan fingerprint density at radius 3 is 2.70 bits per heavy atom. The van der Waals surface area contributed by atoms with E-state index in [9.17, 15) is 18.4 Å². The van der Waals surface area contributed by atoms with E-state index in [0.717, 1.165) is 7.11 Å². The summed E-state index contributed by atoms with van der Waals surface area (Å²) >= 11 is 0. The van der Waals surface area contributed by atoms with Gasteiger partial charge in [0.1, 0.15) is 5.92 Å². The van der Waals surface area contributed by atoms with Crippen molar-refractivity contribution >= 4 is 11.9 Å². The lowest BCUT2D eigenvalue weighted by Gasteiger charge is -2.30. The smallest absolute Gasteiger partial charge is 0.318 e. The zero-order valence-electron chi connectivity index (χ0n) is 12.9. The third kappa shape index (κ3) is 4.75. The van der Waals surface area contributed by atoms with Gasteiger partial charge in [0.05, 0.1) is 26.7 Å². The molecule has 1 amide bonds. The van der Waals surface area contributed by atoms with E-state index in [4.69, 9.17) is 4.74 Å². The number of rotatable bonds is 6. The lowest BCUT2D eigenvalue weighted by Crippen LogP contribution is -2.47. The summed E-state index contributed by atoms with van der Waals surface area (Å²) in [5.41, 5.74) is 0.345. The van der Waals surface area contributed by atoms with Crippen LogP contribution in [0.1, 0.15) is 12.1 Å². The van der Waals surface area contributed by atoms with Crippen molar-refractivity contribution in [1.82, 2.24) is 9.88 Å². The lowest BCUT2D eigenvalue weighted by atomic mass is 9.96. The molecule has 1 saturated heterocycles. The maximum absolute atomic E-state index is 14.2. The highest BCUT2D eigenvalue weighted by Gasteiger charge is 2.42. The Hall–Kier alpha value is -1.96. The Kier molecular flexibility index (Phi) is 5.70. The van der Waals surface area contributed by atoms with Crippen LogP contribution >= 0.6 is 0 Å². The van der Waals surface area contributed by atoms with Crippen LogP contribution in [0.15, 0.2) is 18.3 Å². The number of H-pyrrole nitrogens is 1. The molecule has 0 radical (unpaired) electrons. The van der Waals surface area contributed by atoms with E-state index in [0.29, 0.717) is 18.9 Å². The highest BCUT2D eigenvalue weighted by molar-refractivity contribution is 5.97. The third-order valence-corrected chi connectivity index (χ3v) is 3.72. The van der Waals surface area contributed by atoms with Crippen LogP contribution in [0.25, 0.3) is 0 Å². The van der Waals surface area contributed by atoms with Crippen LogP contribution in [-0.4, -0.2) is 61.1 Å². The van der Waals surface area contributed by atoms with Gasteiger partial charge in [0.15, 0.2) is 0 Å². The number of ether oxygens (including phenoxy) is 2. The molecule has 1 aromatic rings. The van der Waals surface area contributed by atoms with Crippen molar-refractivity contribution in [3.63, 3.8) is 0 Å². The first-order valence-electron chi connectivity index (χ1n) is 7.37. The van der Waals surface area contributed by atoms with Crippen LogP contribution < -0.4 is 0 Å². The fourth-order valence-electron chi connectivity index (χ4n) is 2.54. The molecule has 1 aliphatic rings. The van der Waals surface area contributed by atoms with Gasteiger partial charge < -0.3 is 19.4 Å². The zero-order valence-corrected chi connectivity index (χ0v) is 12.9. The minimum atomic E-state index is -3.20. The summed E-state index contributed by atoms with van der Waals surface area (Å²) in [5.74, 6) is -6.28. The molecule has 1 fully saturated rings. The molecule has 0 bridgehead atoms. The summed E-state index contributed by atoms with van der Waals surface area (Å²) in [4.78, 5) is 28.3. The lowest BCUT2D eigenvalue weighted by molar-refractivity contribution is -0.160. The van der Waals surface area contributed by atoms with Gasteiger partial charge in [0.25, 0.3) is 5.92 Å². The number of methoxy groups -OCH3 is 1. The number of hydrogen-bond donors (Lipinski definition) is 1. The number of alkyl halides is 2. The van der Waals surface area contributed by atoms with Crippen molar-refractivity contribution < 1.29 is 27.8 Å².